The van der Waals surface area contributed by atoms with E-state index in [1.165, 1.54) is 25.8 Å². The van der Waals surface area contributed by atoms with Crippen molar-refractivity contribution in [3.8, 4) is 11.5 Å². The number of carbonyl (C=O) groups excluding carboxylic acids is 1. The van der Waals surface area contributed by atoms with Crippen LogP contribution in [0.5, 0.6) is 11.5 Å². The fourth-order valence-electron chi connectivity index (χ4n) is 2.78. The molecule has 1 aromatic carbocycles. The van der Waals surface area contributed by atoms with Crippen molar-refractivity contribution in [2.75, 3.05) is 31.9 Å². The first-order valence-corrected chi connectivity index (χ1v) is 8.48. The Morgan fingerprint density at radius 2 is 1.96 bits per heavy atom. The fraction of sp³-hybridized carbons (Fsp3) is 0.389. The average Bonchev–Trinajstić information content (AvgIpc) is 2.66. The van der Waals surface area contributed by atoms with Crippen LogP contribution in [0.2, 0.25) is 0 Å². The van der Waals surface area contributed by atoms with E-state index in [0.717, 1.165) is 11.3 Å². The zero-order valence-electron chi connectivity index (χ0n) is 15.9. The van der Waals surface area contributed by atoms with Gasteiger partial charge in [0.2, 0.25) is 0 Å². The third kappa shape index (κ3) is 3.81. The lowest BCUT2D eigenvalue weighted by Crippen LogP contribution is -2.39. The zero-order valence-corrected chi connectivity index (χ0v) is 15.9. The molecule has 1 amide bonds. The molecule has 0 radical (unpaired) electrons. The van der Waals surface area contributed by atoms with Crippen molar-refractivity contribution in [1.29, 1.82) is 0 Å². The number of aromatic nitrogens is 2. The van der Waals surface area contributed by atoms with Crippen molar-refractivity contribution in [2.45, 2.75) is 26.3 Å². The molecule has 0 fully saturated rings. The molecule has 9 heteroatoms. The molecule has 0 saturated carbocycles. The topological polar surface area (TPSA) is 120 Å². The summed E-state index contributed by atoms with van der Waals surface area (Å²) < 4.78 is 11.7. The van der Waals surface area contributed by atoms with Gasteiger partial charge in [-0.1, -0.05) is 19.4 Å². The Bertz CT molecular complexity index is 948. The highest BCUT2D eigenvalue weighted by Gasteiger charge is 2.25. The molecule has 146 valence electrons. The first kappa shape index (κ1) is 20.1. The van der Waals surface area contributed by atoms with Gasteiger partial charge in [0.1, 0.15) is 5.82 Å². The van der Waals surface area contributed by atoms with E-state index in [1.54, 1.807) is 18.2 Å². The number of unbranched alkanes of at least 4 members (excludes halogenated alkanes) is 1. The molecule has 0 bridgehead atoms. The highest BCUT2D eigenvalue weighted by Crippen LogP contribution is 2.32. The molecular formula is C18H24N4O5. The third-order valence-electron chi connectivity index (χ3n) is 4.22. The number of aromatic amines is 1. The number of H-pyrrole nitrogens is 1. The second kappa shape index (κ2) is 8.43. The van der Waals surface area contributed by atoms with Crippen molar-refractivity contribution < 1.29 is 14.3 Å². The number of anilines is 2. The van der Waals surface area contributed by atoms with Crippen LogP contribution in [0.15, 0.2) is 27.8 Å². The number of nitrogens with two attached hydrogens (primary N) is 1. The number of nitrogen functional groups attached to an aromatic ring is 1. The summed E-state index contributed by atoms with van der Waals surface area (Å²) in [6.07, 6.45) is 1.55. The summed E-state index contributed by atoms with van der Waals surface area (Å²) in [5.74, 6) is 0.0382. The van der Waals surface area contributed by atoms with Crippen molar-refractivity contribution in [2.24, 2.45) is 0 Å². The number of hydrogen-bond donors (Lipinski definition) is 2. The summed E-state index contributed by atoms with van der Waals surface area (Å²) in [6.45, 7) is 2.31. The van der Waals surface area contributed by atoms with Crippen molar-refractivity contribution in [3.63, 3.8) is 0 Å². The van der Waals surface area contributed by atoms with Crippen molar-refractivity contribution >= 4 is 17.4 Å². The number of carbonyl (C=O) groups is 1. The highest BCUT2D eigenvalue weighted by molar-refractivity contribution is 6.09. The molecule has 0 aliphatic carbocycles. The van der Waals surface area contributed by atoms with Crippen LogP contribution >= 0.6 is 0 Å². The van der Waals surface area contributed by atoms with E-state index in [0.29, 0.717) is 18.7 Å². The van der Waals surface area contributed by atoms with Gasteiger partial charge in [0.25, 0.3) is 11.5 Å². The smallest absolute Gasteiger partial charge is 0.330 e. The molecule has 0 unspecified atom stereocenters. The first-order chi connectivity index (χ1) is 12.9. The summed E-state index contributed by atoms with van der Waals surface area (Å²) in [5.41, 5.74) is 4.83. The molecule has 0 atom stereocenters. The number of nitrogens with zero attached hydrogens (tertiary/aromatic N) is 2. The Labute approximate surface area is 156 Å². The molecule has 1 heterocycles. The minimum absolute atomic E-state index is 0.0603. The fourth-order valence-corrected chi connectivity index (χ4v) is 2.78. The molecule has 0 aliphatic heterocycles. The summed E-state index contributed by atoms with van der Waals surface area (Å²) >= 11 is 0. The molecule has 3 N–H and O–H groups in total. The zero-order chi connectivity index (χ0) is 20.1. The number of ether oxygens (including phenoxy) is 2. The number of nitrogens with one attached hydrogen (secondary N) is 1. The van der Waals surface area contributed by atoms with Crippen LogP contribution in [-0.4, -0.2) is 36.7 Å². The van der Waals surface area contributed by atoms with Crippen LogP contribution in [0, 0.1) is 0 Å². The van der Waals surface area contributed by atoms with Crippen LogP contribution in [-0.2, 0) is 6.54 Å². The van der Waals surface area contributed by atoms with Gasteiger partial charge in [0, 0.05) is 13.6 Å². The van der Waals surface area contributed by atoms with E-state index < -0.39 is 17.2 Å². The Balaban J connectivity index is 2.55. The SMILES string of the molecule is CCCCn1c(N)c(N(C)C(=O)c2cccc(OC)c2OC)c(=O)[nH]c1=O. The lowest BCUT2D eigenvalue weighted by molar-refractivity contribution is 0.0989. The maximum Gasteiger partial charge on any atom is 0.330 e. The Hall–Kier alpha value is -3.23. The predicted octanol–water partition coefficient (Wildman–Crippen LogP) is 1.21. The normalized spacial score (nSPS) is 10.5. The number of rotatable bonds is 7. The average molecular weight is 376 g/mol. The lowest BCUT2D eigenvalue weighted by Gasteiger charge is -2.21. The lowest BCUT2D eigenvalue weighted by atomic mass is 10.1. The summed E-state index contributed by atoms with van der Waals surface area (Å²) in [6, 6.07) is 4.84. The highest BCUT2D eigenvalue weighted by atomic mass is 16.5. The Morgan fingerprint density at radius 3 is 2.56 bits per heavy atom. The van der Waals surface area contributed by atoms with Gasteiger partial charge in [-0.3, -0.25) is 19.1 Å². The van der Waals surface area contributed by atoms with Gasteiger partial charge in [0.05, 0.1) is 19.8 Å². The summed E-state index contributed by atoms with van der Waals surface area (Å²) in [4.78, 5) is 40.7. The van der Waals surface area contributed by atoms with Gasteiger partial charge in [-0.05, 0) is 18.6 Å². The molecule has 1 aromatic heterocycles. The van der Waals surface area contributed by atoms with E-state index in [-0.39, 0.29) is 22.8 Å². The quantitative estimate of drug-likeness (QED) is 0.750. The van der Waals surface area contributed by atoms with E-state index in [2.05, 4.69) is 4.98 Å². The number of methoxy groups -OCH3 is 2. The number of amides is 1. The van der Waals surface area contributed by atoms with Crippen LogP contribution in [0.25, 0.3) is 0 Å². The molecule has 0 spiro atoms. The van der Waals surface area contributed by atoms with Crippen LogP contribution in [0.1, 0.15) is 30.1 Å². The van der Waals surface area contributed by atoms with Crippen LogP contribution in [0.3, 0.4) is 0 Å². The molecule has 2 aromatic rings. The molecule has 0 aliphatic rings. The van der Waals surface area contributed by atoms with Crippen molar-refractivity contribution in [3.05, 3.63) is 44.6 Å². The van der Waals surface area contributed by atoms with Crippen LogP contribution < -0.4 is 31.4 Å². The summed E-state index contributed by atoms with van der Waals surface area (Å²) in [5, 5.41) is 0. The second-order valence-corrected chi connectivity index (χ2v) is 5.90. The van der Waals surface area contributed by atoms with Crippen molar-refractivity contribution in [1.82, 2.24) is 9.55 Å². The standard InChI is InChI=1S/C18H24N4O5/c1-5-6-10-22-15(19)13(16(23)20-18(22)25)21(2)17(24)11-8-7-9-12(26-3)14(11)27-4/h7-9H,5-6,10,19H2,1-4H3,(H,20,23,25). The molecule has 27 heavy (non-hydrogen) atoms. The molecule has 9 nitrogen and oxygen atoms in total. The largest absolute Gasteiger partial charge is 0.493 e. The van der Waals surface area contributed by atoms with Gasteiger partial charge < -0.3 is 20.1 Å². The monoisotopic (exact) mass is 376 g/mol. The number of benzene rings is 1. The van der Waals surface area contributed by atoms with Gasteiger partial charge in [-0.25, -0.2) is 4.79 Å². The van der Waals surface area contributed by atoms with Gasteiger partial charge in [-0.2, -0.15) is 0 Å². The first-order valence-electron chi connectivity index (χ1n) is 8.48. The van der Waals surface area contributed by atoms with Gasteiger partial charge in [-0.15, -0.1) is 0 Å². The Morgan fingerprint density at radius 1 is 1.26 bits per heavy atom. The number of hydrogen-bond acceptors (Lipinski definition) is 6. The van der Waals surface area contributed by atoms with E-state index >= 15 is 0 Å². The van der Waals surface area contributed by atoms with Crippen LogP contribution in [0.4, 0.5) is 11.5 Å². The molecular weight excluding hydrogens is 352 g/mol. The predicted molar refractivity (Wildman–Crippen MR) is 103 cm³/mol. The molecule has 0 saturated heterocycles. The van der Waals surface area contributed by atoms with E-state index in [4.69, 9.17) is 15.2 Å². The second-order valence-electron chi connectivity index (χ2n) is 5.90. The maximum absolute atomic E-state index is 13.0. The Kier molecular flexibility index (Phi) is 6.27. The van der Waals surface area contributed by atoms with E-state index in [1.807, 2.05) is 6.92 Å². The summed E-state index contributed by atoms with van der Waals surface area (Å²) in [7, 11) is 4.29. The third-order valence-corrected chi connectivity index (χ3v) is 4.22. The van der Waals surface area contributed by atoms with Gasteiger partial charge in [0.15, 0.2) is 17.2 Å². The van der Waals surface area contributed by atoms with Gasteiger partial charge >= 0.3 is 5.69 Å². The molecule has 2 rings (SSSR count). The van der Waals surface area contributed by atoms with E-state index in [9.17, 15) is 14.4 Å². The number of para-hydroxylation sites is 1. The minimum Gasteiger partial charge on any atom is -0.493 e. The maximum atomic E-state index is 13.0. The minimum atomic E-state index is -0.733.